The number of carboxylic acids is 1. The summed E-state index contributed by atoms with van der Waals surface area (Å²) in [4.78, 5) is 134. The fourth-order valence-electron chi connectivity index (χ4n) is 11.3. The first kappa shape index (κ1) is 119. The number of hydrogen-bond acceptors (Lipinski definition) is 35. The number of alkyl halides is 1. The van der Waals surface area contributed by atoms with E-state index in [1.165, 1.54) is 55.8 Å². The molecule has 3 amide bonds. The van der Waals surface area contributed by atoms with E-state index < -0.39 is 164 Å². The number of halogens is 1. The average molecular weight is 1790 g/mol. The van der Waals surface area contributed by atoms with Gasteiger partial charge in [0.15, 0.2) is 61.1 Å². The number of nitrogens with two attached hydrogens (primary N) is 1. The van der Waals surface area contributed by atoms with Gasteiger partial charge in [-0.3, -0.25) is 57.5 Å². The first-order valence-corrected chi connectivity index (χ1v) is 41.5. The number of rotatable bonds is 45. The maximum Gasteiger partial charge on any atom is 0.305 e. The van der Waals surface area contributed by atoms with Crippen molar-refractivity contribution in [2.24, 2.45) is 5.73 Å². The topological polar surface area (TPSA) is 567 Å². The Hall–Kier alpha value is -7.71. The standard InChI is InChI=1S/C22H38N2O7.C19H30O10.C14H28N2O6.C12H17ClO7.C8H12O2.C7H14O3.CH4/c1-3-4-5-6-8-11-17(25)23-13-14-24-18(26)12-9-7-10-15-30-22-21(29)20(28)19(27)16(2)31-22;1-11-16(27-12(2)20)17(28-13(3)21)18(29-14(4)22)19(26-11)25-10-8-6-7-9-15(23)24-5;1-9-11(18)12(19)13(20)14(22-9)21-8-4-2-3-5-10(17)16-7-6-15;1-5-9(18-6(2)14)10(19-7(3)15)11(12(13)17-5)20-8(4)16;1-2-3-4-5-6-7-8(9)10;1-10-7(9)5-3-2-4-6-8;/h3-6,16,19-22,27-29H,7-15H2,1-2H3,(H,23,25)(H,24,26);11,16-19H,6-10H2,1-5H3;9,11-14,18-20H,2-8,15H2,1H3,(H,16,17);5,9-12H,1-4H3;2-5H,6-7H2,1H3,(H,9,10);8H,2-6H2,1H3;1H4/b4-3+,6-5+;;;;3-2+,5-4+;;/t16?,19-,20-,21?,22+;11?,16-,17-,18?,19+;9?,11-,12-,13?,14+;5?,9-,10-,11?,12+;;;/m0000.../s1. The lowest BCUT2D eigenvalue weighted by Crippen LogP contribution is -2.61. The fourth-order valence-corrected chi connectivity index (χ4v) is 11.6. The lowest BCUT2D eigenvalue weighted by Gasteiger charge is -2.43. The van der Waals surface area contributed by atoms with Gasteiger partial charge in [0.2, 0.25) is 17.7 Å². The second-order valence-electron chi connectivity index (χ2n) is 28.2. The Balaban J connectivity index is -0.00000146. The molecule has 4 fully saturated rings. The van der Waals surface area contributed by atoms with Crippen LogP contribution in [-0.4, -0.2) is 301 Å². The summed E-state index contributed by atoms with van der Waals surface area (Å²) in [6, 6.07) is 0. The van der Waals surface area contributed by atoms with E-state index in [9.17, 15) is 88.2 Å². The summed E-state index contributed by atoms with van der Waals surface area (Å²) in [6.07, 6.45) is 8.57. The Morgan fingerprint density at radius 2 is 0.707 bits per heavy atom. The predicted molar refractivity (Wildman–Crippen MR) is 444 cm³/mol. The molecule has 20 atom stereocenters. The van der Waals surface area contributed by atoms with Crippen LogP contribution in [0.25, 0.3) is 0 Å². The number of carbonyl (C=O) groups is 12. The van der Waals surface area contributed by atoms with E-state index in [2.05, 4.69) is 25.4 Å². The number of carbonyl (C=O) groups excluding carboxylic acids is 11. The van der Waals surface area contributed by atoms with E-state index in [4.69, 9.17) is 89.1 Å². The lowest BCUT2D eigenvalue weighted by atomic mass is 9.99. The summed E-state index contributed by atoms with van der Waals surface area (Å²) in [5, 5.41) is 83.0. The van der Waals surface area contributed by atoms with Crippen LogP contribution in [0.15, 0.2) is 48.6 Å². The number of esters is 8. The minimum Gasteiger partial charge on any atom is -0.481 e. The molecule has 0 saturated carbocycles. The zero-order valence-corrected chi connectivity index (χ0v) is 73.8. The molecule has 0 bridgehead atoms. The second-order valence-corrected chi connectivity index (χ2v) is 28.6. The second kappa shape index (κ2) is 72.5. The van der Waals surface area contributed by atoms with Gasteiger partial charge in [-0.25, -0.2) is 0 Å². The molecular formula is C83H143ClN4O35. The molecule has 0 aromatic heterocycles. The van der Waals surface area contributed by atoms with E-state index in [1.54, 1.807) is 27.7 Å². The van der Waals surface area contributed by atoms with Crippen molar-refractivity contribution in [3.05, 3.63) is 48.6 Å². The molecule has 712 valence electrons. The summed E-state index contributed by atoms with van der Waals surface area (Å²) in [5.74, 6) is -4.94. The number of allylic oxidation sites excluding steroid dienone is 8. The van der Waals surface area contributed by atoms with Crippen LogP contribution in [0.3, 0.4) is 0 Å². The Kier molecular flexibility index (Phi) is 70.3. The summed E-state index contributed by atoms with van der Waals surface area (Å²) in [6.45, 7) is 20.4. The third kappa shape index (κ3) is 57.5. The van der Waals surface area contributed by atoms with Gasteiger partial charge in [-0.1, -0.05) is 93.3 Å². The van der Waals surface area contributed by atoms with Crippen LogP contribution in [0, 0.1) is 0 Å². The number of aliphatic hydroxyl groups is 7. The Morgan fingerprint density at radius 1 is 0.382 bits per heavy atom. The highest BCUT2D eigenvalue weighted by Gasteiger charge is 2.52. The smallest absolute Gasteiger partial charge is 0.305 e. The molecule has 39 nitrogen and oxygen atoms in total. The number of hydrogen-bond donors (Lipinski definition) is 12. The van der Waals surface area contributed by atoms with Gasteiger partial charge < -0.3 is 134 Å². The summed E-state index contributed by atoms with van der Waals surface area (Å²) in [7, 11) is 2.72. The van der Waals surface area contributed by atoms with Crippen LogP contribution in [0.2, 0.25) is 0 Å². The molecule has 0 spiro atoms. The minimum atomic E-state index is -1.30. The largest absolute Gasteiger partial charge is 0.481 e. The Morgan fingerprint density at radius 3 is 1.08 bits per heavy atom. The van der Waals surface area contributed by atoms with Gasteiger partial charge in [0.25, 0.3) is 0 Å². The van der Waals surface area contributed by atoms with Crippen molar-refractivity contribution in [3.8, 4) is 0 Å². The van der Waals surface area contributed by atoms with Crippen LogP contribution < -0.4 is 21.7 Å². The van der Waals surface area contributed by atoms with Gasteiger partial charge in [-0.05, 0) is 106 Å². The summed E-state index contributed by atoms with van der Waals surface area (Å²) >= 11 is 5.97. The molecule has 4 saturated heterocycles. The zero-order valence-electron chi connectivity index (χ0n) is 73.0. The van der Waals surface area contributed by atoms with Crippen molar-refractivity contribution in [2.45, 2.75) is 341 Å². The van der Waals surface area contributed by atoms with E-state index in [-0.39, 0.29) is 56.7 Å². The maximum absolute atomic E-state index is 11.8. The van der Waals surface area contributed by atoms with Crippen LogP contribution in [0.5, 0.6) is 0 Å². The summed E-state index contributed by atoms with van der Waals surface area (Å²) < 4.78 is 78.3. The van der Waals surface area contributed by atoms with Gasteiger partial charge in [-0.15, -0.1) is 0 Å². The van der Waals surface area contributed by atoms with E-state index in [1.807, 2.05) is 62.5 Å². The molecule has 8 unspecified atom stereocenters. The number of amides is 3. The molecule has 13 N–H and O–H groups in total. The normalized spacial score (nSPS) is 25.7. The van der Waals surface area contributed by atoms with E-state index >= 15 is 0 Å². The highest BCUT2D eigenvalue weighted by Crippen LogP contribution is 2.32. The van der Waals surface area contributed by atoms with Crippen LogP contribution in [0.4, 0.5) is 0 Å². The number of aliphatic carboxylic acids is 1. The van der Waals surface area contributed by atoms with Gasteiger partial charge in [0.1, 0.15) is 36.6 Å². The first-order chi connectivity index (χ1) is 57.8. The minimum absolute atomic E-state index is 0. The van der Waals surface area contributed by atoms with Crippen LogP contribution in [0.1, 0.15) is 219 Å². The lowest BCUT2D eigenvalue weighted by molar-refractivity contribution is -0.300. The zero-order chi connectivity index (χ0) is 92.7. The van der Waals surface area contributed by atoms with Crippen molar-refractivity contribution in [2.75, 3.05) is 66.8 Å². The van der Waals surface area contributed by atoms with E-state index in [0.717, 1.165) is 44.9 Å². The summed E-state index contributed by atoms with van der Waals surface area (Å²) in [5.41, 5.74) is 4.28. The number of ether oxygens (including phenoxy) is 15. The third-order valence-corrected chi connectivity index (χ3v) is 17.9. The molecule has 0 aromatic carbocycles. The quantitative estimate of drug-likeness (QED) is 0.0132. The Bertz CT molecular complexity index is 3070. The number of aliphatic hydroxyl groups excluding tert-OH is 7. The van der Waals surface area contributed by atoms with Gasteiger partial charge in [0, 0.05) is 133 Å². The van der Waals surface area contributed by atoms with Crippen molar-refractivity contribution >= 4 is 83.0 Å². The van der Waals surface area contributed by atoms with Crippen molar-refractivity contribution < 1.29 is 169 Å². The molecule has 0 aromatic rings. The number of carboxylic acid groups (broad SMARTS) is 1. The van der Waals surface area contributed by atoms with E-state index in [0.29, 0.717) is 116 Å². The first-order valence-electron chi connectivity index (χ1n) is 41.0. The van der Waals surface area contributed by atoms with Crippen molar-refractivity contribution in [1.82, 2.24) is 16.0 Å². The third-order valence-electron chi connectivity index (χ3n) is 17.5. The average Bonchev–Trinajstić information content (AvgIpc) is 0.797. The van der Waals surface area contributed by atoms with Crippen LogP contribution >= 0.6 is 11.6 Å². The highest BCUT2D eigenvalue weighted by atomic mass is 35.5. The van der Waals surface area contributed by atoms with Gasteiger partial charge >= 0.3 is 53.7 Å². The van der Waals surface area contributed by atoms with Crippen LogP contribution in [-0.2, 0) is 129 Å². The van der Waals surface area contributed by atoms with Crippen molar-refractivity contribution in [1.29, 1.82) is 0 Å². The molecule has 4 rings (SSSR count). The fraction of sp³-hybridized carbons (Fsp3) is 0.759. The predicted octanol–water partition coefficient (Wildman–Crippen LogP) is 4.37. The molecule has 0 aliphatic carbocycles. The molecular weight excluding hydrogens is 1650 g/mol. The highest BCUT2D eigenvalue weighted by molar-refractivity contribution is 6.20. The monoisotopic (exact) mass is 1790 g/mol. The Labute approximate surface area is 727 Å². The number of nitrogens with one attached hydrogen (secondary N) is 3. The van der Waals surface area contributed by atoms with Gasteiger partial charge in [0.05, 0.1) is 38.6 Å². The van der Waals surface area contributed by atoms with Gasteiger partial charge in [-0.2, -0.15) is 0 Å². The molecule has 4 heterocycles. The molecule has 4 aliphatic heterocycles. The van der Waals surface area contributed by atoms with Crippen molar-refractivity contribution in [3.63, 3.8) is 0 Å². The molecule has 40 heteroatoms. The molecule has 0 radical (unpaired) electrons. The SMILES string of the molecule is C.C/C=C/C=C/CCC(=O)NCCNC(=O)CCCCCO[C@@H]1OC(C)[C@H](O)[C@H](O)C1O.C/C=C/C=C/CCC(=O)O.CC(=O)OC1[C@H](Cl)OC(C)[C@H](OC(C)=O)[C@@H]1OC(C)=O.CC1O[C@@H](OCCCCCC(=O)NCCN)C(O)[C@@H](O)[C@H]1O.COC(=O)CCCCCO.COC(=O)CCCCCO[C@@H]1OC(C)[C@H](OC(C)=O)[C@H](OC(C)=O)C1OC(C)=O. The number of unbranched alkanes of at least 4 members (excludes halogenated alkanes) is 8. The number of methoxy groups -OCH3 is 2. The maximum atomic E-state index is 11.8. The molecule has 4 aliphatic rings. The molecule has 123 heavy (non-hydrogen) atoms.